The van der Waals surface area contributed by atoms with E-state index in [-0.39, 0.29) is 0 Å². The Kier molecular flexibility index (Phi) is 4.36. The van der Waals surface area contributed by atoms with Gasteiger partial charge in [-0.1, -0.05) is 49.6 Å². The molecule has 0 aliphatic heterocycles. The van der Waals surface area contributed by atoms with Gasteiger partial charge in [-0.2, -0.15) is 0 Å². The summed E-state index contributed by atoms with van der Waals surface area (Å²) in [5.74, 6) is 0. The fourth-order valence-corrected chi connectivity index (χ4v) is 1.85. The van der Waals surface area contributed by atoms with E-state index in [0.29, 0.717) is 0 Å². The minimum Gasteiger partial charge on any atom is -0.0985 e. The summed E-state index contributed by atoms with van der Waals surface area (Å²) in [5, 5.41) is 0. The zero-order valence-corrected chi connectivity index (χ0v) is 10.8. The highest BCUT2D eigenvalue weighted by Gasteiger charge is 2.04. The van der Waals surface area contributed by atoms with Crippen LogP contribution in [-0.2, 0) is 0 Å². The third-order valence-electron chi connectivity index (χ3n) is 1.75. The zero-order chi connectivity index (χ0) is 10.6. The Morgan fingerprint density at radius 3 is 2.21 bits per heavy atom. The lowest BCUT2D eigenvalue weighted by Crippen LogP contribution is -1.81. The molecule has 1 aromatic rings. The predicted molar refractivity (Wildman–Crippen MR) is 70.6 cm³/mol. The maximum absolute atomic E-state index is 3.87. The average Bonchev–Trinajstić information content (AvgIpc) is 2.27. The van der Waals surface area contributed by atoms with E-state index in [1.807, 2.05) is 30.3 Å². The van der Waals surface area contributed by atoms with Gasteiger partial charge >= 0.3 is 0 Å². The molecule has 0 saturated heterocycles. The first-order valence-electron chi connectivity index (χ1n) is 4.09. The average molecular weight is 314 g/mol. The lowest BCUT2D eigenvalue weighted by atomic mass is 10.2. The van der Waals surface area contributed by atoms with Gasteiger partial charge in [0, 0.05) is 8.96 Å². The van der Waals surface area contributed by atoms with Crippen LogP contribution in [0.5, 0.6) is 0 Å². The smallest absolute Gasteiger partial charge is 0.0395 e. The van der Waals surface area contributed by atoms with Gasteiger partial charge in [0.15, 0.2) is 0 Å². The van der Waals surface area contributed by atoms with E-state index in [1.54, 1.807) is 6.08 Å². The second-order valence-electron chi connectivity index (χ2n) is 2.72. The summed E-state index contributed by atoms with van der Waals surface area (Å²) < 4.78 is 1.92. The summed E-state index contributed by atoms with van der Waals surface area (Å²) in [7, 11) is 0. The lowest BCUT2D eigenvalue weighted by molar-refractivity contribution is 1.64. The van der Waals surface area contributed by atoms with E-state index in [4.69, 9.17) is 0 Å². The molecule has 0 aromatic heterocycles. The third kappa shape index (κ3) is 2.69. The van der Waals surface area contributed by atoms with E-state index in [1.165, 1.54) is 0 Å². The summed E-state index contributed by atoms with van der Waals surface area (Å²) >= 11 is 6.98. The maximum Gasteiger partial charge on any atom is 0.0395 e. The SMILES string of the molecule is C=CC(=C)/C(Br)=C(\Br)c1ccccc1. The van der Waals surface area contributed by atoms with Crippen LogP contribution >= 0.6 is 31.9 Å². The van der Waals surface area contributed by atoms with Crippen LogP contribution in [0, 0.1) is 0 Å². The van der Waals surface area contributed by atoms with Gasteiger partial charge in [0.2, 0.25) is 0 Å². The van der Waals surface area contributed by atoms with Crippen molar-refractivity contribution in [3.05, 3.63) is 65.2 Å². The Labute approximate surface area is 101 Å². The lowest BCUT2D eigenvalue weighted by Gasteiger charge is -2.04. The zero-order valence-electron chi connectivity index (χ0n) is 7.63. The number of hydrogen-bond donors (Lipinski definition) is 0. The highest BCUT2D eigenvalue weighted by molar-refractivity contribution is 9.16. The molecule has 0 spiro atoms. The molecular weight excluding hydrogens is 304 g/mol. The molecular formula is C12H10Br2. The van der Waals surface area contributed by atoms with Crippen molar-refractivity contribution in [2.45, 2.75) is 0 Å². The molecule has 0 radical (unpaired) electrons. The summed E-state index contributed by atoms with van der Waals surface area (Å²) in [4.78, 5) is 0. The molecule has 1 rings (SSSR count). The molecule has 0 saturated carbocycles. The van der Waals surface area contributed by atoms with Gasteiger partial charge in [0.25, 0.3) is 0 Å². The van der Waals surface area contributed by atoms with E-state index < -0.39 is 0 Å². The second kappa shape index (κ2) is 5.32. The molecule has 2 heteroatoms. The van der Waals surface area contributed by atoms with Gasteiger partial charge in [-0.3, -0.25) is 0 Å². The van der Waals surface area contributed by atoms with Crippen LogP contribution < -0.4 is 0 Å². The topological polar surface area (TPSA) is 0 Å². The summed E-state index contributed by atoms with van der Waals surface area (Å²) in [5.41, 5.74) is 1.98. The van der Waals surface area contributed by atoms with Crippen LogP contribution in [0.2, 0.25) is 0 Å². The van der Waals surface area contributed by atoms with Crippen molar-refractivity contribution in [2.24, 2.45) is 0 Å². The van der Waals surface area contributed by atoms with E-state index in [0.717, 1.165) is 20.1 Å². The molecule has 0 amide bonds. The number of rotatable bonds is 3. The first-order chi connectivity index (χ1) is 6.66. The fraction of sp³-hybridized carbons (Fsp3) is 0. The molecule has 0 nitrogen and oxygen atoms in total. The number of benzene rings is 1. The molecule has 0 aliphatic carbocycles. The van der Waals surface area contributed by atoms with Crippen molar-refractivity contribution in [3.8, 4) is 0 Å². The van der Waals surface area contributed by atoms with Crippen molar-refractivity contribution in [1.82, 2.24) is 0 Å². The number of allylic oxidation sites excluding steroid dienone is 3. The monoisotopic (exact) mass is 312 g/mol. The van der Waals surface area contributed by atoms with E-state index in [9.17, 15) is 0 Å². The Hall–Kier alpha value is -0.600. The molecule has 0 aliphatic rings. The first-order valence-corrected chi connectivity index (χ1v) is 5.68. The van der Waals surface area contributed by atoms with Crippen molar-refractivity contribution >= 4 is 36.3 Å². The van der Waals surface area contributed by atoms with Crippen molar-refractivity contribution in [3.63, 3.8) is 0 Å². The Morgan fingerprint density at radius 1 is 1.14 bits per heavy atom. The quantitative estimate of drug-likeness (QED) is 0.697. The standard InChI is InChI=1S/C12H10Br2/c1-3-9(2)11(13)12(14)10-7-5-4-6-8-10/h3-8H,1-2H2/b12-11+. The van der Waals surface area contributed by atoms with Crippen molar-refractivity contribution < 1.29 is 0 Å². The minimum absolute atomic E-state index is 0.862. The fourth-order valence-electron chi connectivity index (χ4n) is 0.942. The molecule has 0 unspecified atom stereocenters. The van der Waals surface area contributed by atoms with Gasteiger partial charge in [0.1, 0.15) is 0 Å². The molecule has 72 valence electrons. The maximum atomic E-state index is 3.87. The first kappa shape index (κ1) is 11.5. The van der Waals surface area contributed by atoms with Gasteiger partial charge in [-0.25, -0.2) is 0 Å². The molecule has 0 N–H and O–H groups in total. The van der Waals surface area contributed by atoms with Gasteiger partial charge < -0.3 is 0 Å². The van der Waals surface area contributed by atoms with Crippen molar-refractivity contribution in [2.75, 3.05) is 0 Å². The van der Waals surface area contributed by atoms with Crippen LogP contribution in [0.25, 0.3) is 4.48 Å². The Morgan fingerprint density at radius 2 is 1.71 bits per heavy atom. The predicted octanol–water partition coefficient (Wildman–Crippen LogP) is 4.89. The number of hydrogen-bond acceptors (Lipinski definition) is 0. The Balaban J connectivity index is 3.11. The normalized spacial score (nSPS) is 11.9. The van der Waals surface area contributed by atoms with E-state index in [2.05, 4.69) is 45.0 Å². The molecule has 1 aromatic carbocycles. The van der Waals surface area contributed by atoms with Crippen LogP contribution in [0.15, 0.2) is 59.6 Å². The summed E-state index contributed by atoms with van der Waals surface area (Å²) in [6.07, 6.45) is 1.72. The van der Waals surface area contributed by atoms with E-state index >= 15 is 0 Å². The van der Waals surface area contributed by atoms with Crippen LogP contribution in [0.1, 0.15) is 5.56 Å². The van der Waals surface area contributed by atoms with Gasteiger partial charge in [-0.05, 0) is 43.0 Å². The largest absolute Gasteiger partial charge is 0.0985 e. The van der Waals surface area contributed by atoms with Crippen LogP contribution in [0.3, 0.4) is 0 Å². The molecule has 0 atom stereocenters. The van der Waals surface area contributed by atoms with Crippen LogP contribution in [-0.4, -0.2) is 0 Å². The second-order valence-corrected chi connectivity index (χ2v) is 4.31. The molecule has 0 bridgehead atoms. The minimum atomic E-state index is 0.862. The highest BCUT2D eigenvalue weighted by Crippen LogP contribution is 2.32. The Bertz CT molecular complexity index is 375. The third-order valence-corrected chi connectivity index (χ3v) is 4.04. The summed E-state index contributed by atoms with van der Waals surface area (Å²) in [6, 6.07) is 10.0. The highest BCUT2D eigenvalue weighted by atomic mass is 79.9. The molecule has 14 heavy (non-hydrogen) atoms. The van der Waals surface area contributed by atoms with Gasteiger partial charge in [-0.15, -0.1) is 0 Å². The summed E-state index contributed by atoms with van der Waals surface area (Å²) in [6.45, 7) is 7.54. The van der Waals surface area contributed by atoms with Crippen molar-refractivity contribution in [1.29, 1.82) is 0 Å². The molecule has 0 fully saturated rings. The van der Waals surface area contributed by atoms with Gasteiger partial charge in [0.05, 0.1) is 0 Å². The van der Waals surface area contributed by atoms with Crippen LogP contribution in [0.4, 0.5) is 0 Å². The number of halogens is 2. The molecule has 0 heterocycles.